The molecule has 0 aliphatic carbocycles. The van der Waals surface area contributed by atoms with Crippen molar-refractivity contribution in [1.29, 1.82) is 0 Å². The number of aliphatic imine (C=N–C) groups is 1. The SMILES string of the molecule is CCNC(=NCC(C)Cn1cccn1)NCCC(OCC)C(C)C.I. The Labute approximate surface area is 170 Å². The average Bonchev–Trinajstić information content (AvgIpc) is 3.04. The Morgan fingerprint density at radius 2 is 2.00 bits per heavy atom. The zero-order chi connectivity index (χ0) is 17.8. The van der Waals surface area contributed by atoms with Gasteiger partial charge in [-0.15, -0.1) is 24.0 Å². The lowest BCUT2D eigenvalue weighted by atomic mass is 10.0. The van der Waals surface area contributed by atoms with Crippen molar-refractivity contribution < 1.29 is 4.74 Å². The molecule has 6 nitrogen and oxygen atoms in total. The zero-order valence-corrected chi connectivity index (χ0v) is 18.7. The molecule has 2 unspecified atom stereocenters. The smallest absolute Gasteiger partial charge is 0.191 e. The van der Waals surface area contributed by atoms with Crippen LogP contribution in [-0.4, -0.2) is 48.1 Å². The van der Waals surface area contributed by atoms with E-state index in [1.807, 2.05) is 23.1 Å². The lowest BCUT2D eigenvalue weighted by Crippen LogP contribution is -2.39. The lowest BCUT2D eigenvalue weighted by molar-refractivity contribution is 0.0258. The molecule has 0 amide bonds. The molecule has 0 aliphatic heterocycles. The molecule has 0 saturated carbocycles. The van der Waals surface area contributed by atoms with Gasteiger partial charge in [-0.05, 0) is 38.2 Å². The Hall–Kier alpha value is -0.830. The van der Waals surface area contributed by atoms with Gasteiger partial charge in [0.25, 0.3) is 0 Å². The average molecular weight is 465 g/mol. The number of halogens is 1. The van der Waals surface area contributed by atoms with E-state index in [2.05, 4.69) is 50.4 Å². The summed E-state index contributed by atoms with van der Waals surface area (Å²) < 4.78 is 7.75. The molecule has 0 fully saturated rings. The first-order valence-electron chi connectivity index (χ1n) is 9.17. The van der Waals surface area contributed by atoms with Crippen molar-refractivity contribution in [2.75, 3.05) is 26.2 Å². The van der Waals surface area contributed by atoms with Crippen LogP contribution >= 0.6 is 24.0 Å². The fraction of sp³-hybridized carbons (Fsp3) is 0.778. The number of guanidine groups is 1. The Bertz CT molecular complexity index is 450. The van der Waals surface area contributed by atoms with Crippen LogP contribution in [0.2, 0.25) is 0 Å². The van der Waals surface area contributed by atoms with Crippen LogP contribution < -0.4 is 10.6 Å². The fourth-order valence-corrected chi connectivity index (χ4v) is 2.53. The van der Waals surface area contributed by atoms with Gasteiger partial charge in [-0.25, -0.2) is 0 Å². The van der Waals surface area contributed by atoms with Crippen molar-refractivity contribution in [1.82, 2.24) is 20.4 Å². The third-order valence-corrected chi connectivity index (χ3v) is 3.81. The van der Waals surface area contributed by atoms with Gasteiger partial charge in [0.05, 0.1) is 6.10 Å². The van der Waals surface area contributed by atoms with Crippen molar-refractivity contribution in [2.45, 2.75) is 53.7 Å². The second-order valence-corrected chi connectivity index (χ2v) is 6.51. The van der Waals surface area contributed by atoms with Crippen LogP contribution in [0.3, 0.4) is 0 Å². The Morgan fingerprint density at radius 3 is 2.56 bits per heavy atom. The molecule has 0 spiro atoms. The molecule has 0 radical (unpaired) electrons. The highest BCUT2D eigenvalue weighted by Crippen LogP contribution is 2.09. The molecule has 7 heteroatoms. The van der Waals surface area contributed by atoms with E-state index >= 15 is 0 Å². The summed E-state index contributed by atoms with van der Waals surface area (Å²) >= 11 is 0. The van der Waals surface area contributed by atoms with Crippen LogP contribution in [0.15, 0.2) is 23.5 Å². The molecule has 0 aromatic carbocycles. The molecule has 0 bridgehead atoms. The minimum atomic E-state index is 0. The zero-order valence-electron chi connectivity index (χ0n) is 16.4. The first kappa shape index (κ1) is 24.2. The van der Waals surface area contributed by atoms with Gasteiger partial charge < -0.3 is 15.4 Å². The van der Waals surface area contributed by atoms with Crippen molar-refractivity contribution in [2.24, 2.45) is 16.8 Å². The summed E-state index contributed by atoms with van der Waals surface area (Å²) in [6, 6.07) is 1.95. The molecule has 0 saturated heterocycles. The number of ether oxygens (including phenoxy) is 1. The molecular formula is C18H36IN5O. The number of aromatic nitrogens is 2. The normalized spacial score (nSPS) is 14.1. The molecule has 2 atom stereocenters. The van der Waals surface area contributed by atoms with Gasteiger partial charge in [-0.3, -0.25) is 9.67 Å². The van der Waals surface area contributed by atoms with Crippen molar-refractivity contribution in [3.8, 4) is 0 Å². The first-order valence-corrected chi connectivity index (χ1v) is 9.17. The molecular weight excluding hydrogens is 429 g/mol. The molecule has 146 valence electrons. The van der Waals surface area contributed by atoms with E-state index in [0.717, 1.165) is 45.2 Å². The van der Waals surface area contributed by atoms with Crippen LogP contribution in [0.4, 0.5) is 0 Å². The van der Waals surface area contributed by atoms with Crippen LogP contribution in [-0.2, 0) is 11.3 Å². The quantitative estimate of drug-likeness (QED) is 0.300. The van der Waals surface area contributed by atoms with Gasteiger partial charge in [0.1, 0.15) is 0 Å². The van der Waals surface area contributed by atoms with E-state index in [4.69, 9.17) is 9.73 Å². The highest BCUT2D eigenvalue weighted by atomic mass is 127. The van der Waals surface area contributed by atoms with Crippen molar-refractivity contribution >= 4 is 29.9 Å². The van der Waals surface area contributed by atoms with Gasteiger partial charge >= 0.3 is 0 Å². The van der Waals surface area contributed by atoms with Gasteiger partial charge in [0.15, 0.2) is 5.96 Å². The second-order valence-electron chi connectivity index (χ2n) is 6.51. The van der Waals surface area contributed by atoms with E-state index < -0.39 is 0 Å². The Kier molecular flexibility index (Phi) is 13.9. The minimum Gasteiger partial charge on any atom is -0.378 e. The summed E-state index contributed by atoms with van der Waals surface area (Å²) in [6.45, 7) is 14.9. The van der Waals surface area contributed by atoms with Gasteiger partial charge in [-0.1, -0.05) is 20.8 Å². The largest absolute Gasteiger partial charge is 0.378 e. The molecule has 1 aromatic heterocycles. The predicted molar refractivity (Wildman–Crippen MR) is 116 cm³/mol. The van der Waals surface area contributed by atoms with E-state index in [1.54, 1.807) is 0 Å². The molecule has 2 N–H and O–H groups in total. The number of hydrogen-bond acceptors (Lipinski definition) is 3. The number of nitrogens with one attached hydrogen (secondary N) is 2. The number of nitrogens with zero attached hydrogens (tertiary/aromatic N) is 3. The van der Waals surface area contributed by atoms with Gasteiger partial charge in [0.2, 0.25) is 0 Å². The van der Waals surface area contributed by atoms with Crippen LogP contribution in [0.25, 0.3) is 0 Å². The predicted octanol–water partition coefficient (Wildman–Crippen LogP) is 3.14. The standard InChI is InChI=1S/C18H35N5O.HI/c1-6-19-18(20-11-9-17(15(3)4)24-7-2)21-13-16(5)14-23-12-8-10-22-23;/h8,10,12,15-17H,6-7,9,11,13-14H2,1-5H3,(H2,19,20,21);1H. The van der Waals surface area contributed by atoms with Crippen molar-refractivity contribution in [3.05, 3.63) is 18.5 Å². The lowest BCUT2D eigenvalue weighted by Gasteiger charge is -2.21. The van der Waals surface area contributed by atoms with E-state index in [0.29, 0.717) is 17.9 Å². The maximum absolute atomic E-state index is 5.79. The van der Waals surface area contributed by atoms with Gasteiger partial charge in [0, 0.05) is 45.2 Å². The topological polar surface area (TPSA) is 63.5 Å². The van der Waals surface area contributed by atoms with E-state index in [-0.39, 0.29) is 24.0 Å². The maximum atomic E-state index is 5.79. The summed E-state index contributed by atoms with van der Waals surface area (Å²) in [4.78, 5) is 4.69. The molecule has 1 heterocycles. The second kappa shape index (κ2) is 14.4. The highest BCUT2D eigenvalue weighted by molar-refractivity contribution is 14.0. The summed E-state index contributed by atoms with van der Waals surface area (Å²) in [5.41, 5.74) is 0. The summed E-state index contributed by atoms with van der Waals surface area (Å²) in [7, 11) is 0. The molecule has 1 rings (SSSR count). The van der Waals surface area contributed by atoms with Crippen LogP contribution in [0, 0.1) is 11.8 Å². The molecule has 0 aliphatic rings. The summed E-state index contributed by atoms with van der Waals surface area (Å²) in [5.74, 6) is 1.84. The Morgan fingerprint density at radius 1 is 1.24 bits per heavy atom. The van der Waals surface area contributed by atoms with Crippen molar-refractivity contribution in [3.63, 3.8) is 0 Å². The highest BCUT2D eigenvalue weighted by Gasteiger charge is 2.13. The molecule has 1 aromatic rings. The maximum Gasteiger partial charge on any atom is 0.191 e. The number of rotatable bonds is 11. The van der Waals surface area contributed by atoms with E-state index in [9.17, 15) is 0 Å². The monoisotopic (exact) mass is 465 g/mol. The van der Waals surface area contributed by atoms with Crippen LogP contribution in [0.1, 0.15) is 41.0 Å². The third kappa shape index (κ3) is 10.7. The van der Waals surface area contributed by atoms with Crippen LogP contribution in [0.5, 0.6) is 0 Å². The van der Waals surface area contributed by atoms with Gasteiger partial charge in [-0.2, -0.15) is 5.10 Å². The number of hydrogen-bond donors (Lipinski definition) is 2. The van der Waals surface area contributed by atoms with E-state index in [1.165, 1.54) is 0 Å². The first-order chi connectivity index (χ1) is 11.6. The summed E-state index contributed by atoms with van der Waals surface area (Å²) in [5, 5.41) is 11.0. The third-order valence-electron chi connectivity index (χ3n) is 3.81. The molecule has 25 heavy (non-hydrogen) atoms. The fourth-order valence-electron chi connectivity index (χ4n) is 2.53. The summed E-state index contributed by atoms with van der Waals surface area (Å²) in [6.07, 6.45) is 5.08. The Balaban J connectivity index is 0.00000576. The minimum absolute atomic E-state index is 0.